The second kappa shape index (κ2) is 5.38. The summed E-state index contributed by atoms with van der Waals surface area (Å²) in [5, 5.41) is 16.3. The Morgan fingerprint density at radius 1 is 0.882 bits per heavy atom. The van der Waals surface area contributed by atoms with Crippen LogP contribution in [-0.2, 0) is 0 Å². The van der Waals surface area contributed by atoms with Crippen LogP contribution >= 0.6 is 0 Å². The average molecular weight is 225 g/mol. The number of aromatic nitrogens is 2. The minimum atomic E-state index is 0. The minimum absolute atomic E-state index is 0. The van der Waals surface area contributed by atoms with Gasteiger partial charge >= 0.3 is 7.69 Å². The molecule has 0 atom stereocenters. The number of fused-ring (bicyclic) bond motifs is 3. The average Bonchev–Trinajstić information content (AvgIpc) is 2.40. The molecule has 83 valence electrons. The zero-order valence-electron chi connectivity index (χ0n) is 8.99. The lowest BCUT2D eigenvalue weighted by Gasteiger charge is -2.00. The van der Waals surface area contributed by atoms with Gasteiger partial charge in [-0.2, -0.15) is 0 Å². The molecule has 3 aromatic rings. The lowest BCUT2D eigenvalue weighted by Crippen LogP contribution is -1.82. The molecule has 0 saturated carbocycles. The van der Waals surface area contributed by atoms with Gasteiger partial charge in [0.25, 0.3) is 0 Å². The second-order valence-corrected chi connectivity index (χ2v) is 3.33. The predicted molar refractivity (Wildman–Crippen MR) is 67.2 cm³/mol. The Morgan fingerprint density at radius 2 is 1.59 bits per heavy atom. The highest BCUT2D eigenvalue weighted by Gasteiger charge is 1.99. The van der Waals surface area contributed by atoms with E-state index in [1.807, 2.05) is 24.4 Å². The molecule has 0 spiro atoms. The van der Waals surface area contributed by atoms with Gasteiger partial charge in [-0.15, -0.1) is 0 Å². The summed E-state index contributed by atoms with van der Waals surface area (Å²) in [7, 11) is 0. The van der Waals surface area contributed by atoms with Gasteiger partial charge < -0.3 is 10.0 Å². The van der Waals surface area contributed by atoms with E-state index in [9.17, 15) is 0 Å². The third-order valence-corrected chi connectivity index (χ3v) is 2.35. The molecule has 0 bridgehead atoms. The Labute approximate surface area is 98.9 Å². The molecule has 1 aromatic carbocycles. The highest BCUT2D eigenvalue weighted by Crippen LogP contribution is 2.20. The predicted octanol–water partition coefficient (Wildman–Crippen LogP) is 1.29. The molecule has 5 heteroatoms. The summed E-state index contributed by atoms with van der Waals surface area (Å²) >= 11 is 0. The molecule has 0 amide bonds. The number of hydrogen-bond donors (Lipinski definition) is 2. The summed E-state index contributed by atoms with van der Waals surface area (Å²) in [6.45, 7) is 0. The number of hydrogen-bond acceptors (Lipinski definition) is 4. The molecule has 0 fully saturated rings. The summed E-state index contributed by atoms with van der Waals surface area (Å²) < 4.78 is 0. The molecule has 0 aliphatic rings. The van der Waals surface area contributed by atoms with Gasteiger partial charge in [0.2, 0.25) is 0 Å². The first kappa shape index (κ1) is 11.5. The fourth-order valence-corrected chi connectivity index (χ4v) is 1.70. The summed E-state index contributed by atoms with van der Waals surface area (Å²) in [6, 6.07) is 12.1. The first-order valence-electron chi connectivity index (χ1n) is 5.05. The monoisotopic (exact) mass is 225 g/mol. The first-order valence-corrected chi connectivity index (χ1v) is 5.05. The van der Waals surface area contributed by atoms with Crippen LogP contribution < -0.4 is 0 Å². The smallest absolute Gasteiger partial charge is 0.429 e. The maximum absolute atomic E-state index is 7.00. The van der Waals surface area contributed by atoms with Gasteiger partial charge in [-0.3, -0.25) is 9.97 Å². The Kier molecular flexibility index (Phi) is 3.64. The molecule has 1 radical (unpaired) electrons. The minimum Gasteiger partial charge on any atom is -0.429 e. The van der Waals surface area contributed by atoms with Crippen LogP contribution in [-0.4, -0.2) is 27.7 Å². The topological polar surface area (TPSA) is 66.2 Å². The molecule has 2 N–H and O–H groups in total. The van der Waals surface area contributed by atoms with E-state index in [1.54, 1.807) is 6.20 Å². The molecule has 3 rings (SSSR count). The zero-order chi connectivity index (χ0) is 12.1. The van der Waals surface area contributed by atoms with Crippen molar-refractivity contribution in [2.75, 3.05) is 0 Å². The SMILES string of the molecule is O[B]O.c1cnc2c(c1)ccc1ncccc12. The van der Waals surface area contributed by atoms with Crippen LogP contribution in [0.1, 0.15) is 0 Å². The van der Waals surface area contributed by atoms with Crippen LogP contribution in [0.25, 0.3) is 21.8 Å². The maximum atomic E-state index is 7.00. The molecule has 0 unspecified atom stereocenters. The van der Waals surface area contributed by atoms with Gasteiger partial charge in [-0.05, 0) is 24.3 Å². The largest absolute Gasteiger partial charge is 0.482 e. The van der Waals surface area contributed by atoms with Gasteiger partial charge in [-0.1, -0.05) is 12.1 Å². The van der Waals surface area contributed by atoms with E-state index in [0.717, 1.165) is 21.8 Å². The van der Waals surface area contributed by atoms with E-state index in [1.165, 1.54) is 0 Å². The number of benzene rings is 1. The van der Waals surface area contributed by atoms with Gasteiger partial charge in [0.1, 0.15) is 0 Å². The van der Waals surface area contributed by atoms with Crippen molar-refractivity contribution >= 4 is 29.5 Å². The molecule has 2 aromatic heterocycles. The van der Waals surface area contributed by atoms with Crippen LogP contribution in [0, 0.1) is 0 Å². The Morgan fingerprint density at radius 3 is 2.41 bits per heavy atom. The molecule has 2 heterocycles. The van der Waals surface area contributed by atoms with Crippen LogP contribution in [0.4, 0.5) is 0 Å². The highest BCUT2D eigenvalue weighted by molar-refractivity contribution is 6.13. The molecule has 4 nitrogen and oxygen atoms in total. The van der Waals surface area contributed by atoms with Crippen molar-refractivity contribution in [1.29, 1.82) is 0 Å². The normalized spacial score (nSPS) is 9.76. The Hall–Kier alpha value is -1.98. The van der Waals surface area contributed by atoms with E-state index in [0.29, 0.717) is 0 Å². The number of rotatable bonds is 0. The van der Waals surface area contributed by atoms with Crippen LogP contribution in [0.5, 0.6) is 0 Å². The molecule has 17 heavy (non-hydrogen) atoms. The van der Waals surface area contributed by atoms with Crippen molar-refractivity contribution in [3.63, 3.8) is 0 Å². The quantitative estimate of drug-likeness (QED) is 0.446. The van der Waals surface area contributed by atoms with E-state index in [2.05, 4.69) is 28.2 Å². The summed E-state index contributed by atoms with van der Waals surface area (Å²) in [5.41, 5.74) is 2.02. The van der Waals surface area contributed by atoms with Crippen molar-refractivity contribution in [1.82, 2.24) is 9.97 Å². The zero-order valence-corrected chi connectivity index (χ0v) is 8.99. The lowest BCUT2D eigenvalue weighted by atomic mass is 10.1. The lowest BCUT2D eigenvalue weighted by molar-refractivity contribution is 0.448. The molecular weight excluding hydrogens is 215 g/mol. The molecule has 0 saturated heterocycles. The summed E-state index contributed by atoms with van der Waals surface area (Å²) in [5.74, 6) is 0. The number of nitrogens with zero attached hydrogens (tertiary/aromatic N) is 2. The van der Waals surface area contributed by atoms with E-state index < -0.39 is 0 Å². The standard InChI is InChI=1S/C12H8N2.BH2O2/c1-3-9-5-6-11-10(4-2-7-13-11)12(9)14-8-1;2-1-3/h1-8H;2-3H. The number of pyridine rings is 2. The van der Waals surface area contributed by atoms with E-state index >= 15 is 0 Å². The van der Waals surface area contributed by atoms with Crippen molar-refractivity contribution in [2.45, 2.75) is 0 Å². The summed E-state index contributed by atoms with van der Waals surface area (Å²) in [4.78, 5) is 8.66. The third kappa shape index (κ3) is 2.41. The highest BCUT2D eigenvalue weighted by atomic mass is 16.4. The van der Waals surface area contributed by atoms with Crippen molar-refractivity contribution in [2.24, 2.45) is 0 Å². The van der Waals surface area contributed by atoms with E-state index in [-0.39, 0.29) is 7.69 Å². The Bertz CT molecular complexity index is 576. The van der Waals surface area contributed by atoms with Crippen LogP contribution in [0.2, 0.25) is 0 Å². The van der Waals surface area contributed by atoms with Gasteiger partial charge in [0.05, 0.1) is 11.0 Å². The van der Waals surface area contributed by atoms with Crippen LogP contribution in [0.15, 0.2) is 48.8 Å². The molecule has 0 aliphatic carbocycles. The molecular formula is C12H10BN2O2. The van der Waals surface area contributed by atoms with Crippen molar-refractivity contribution in [3.8, 4) is 0 Å². The second-order valence-electron chi connectivity index (χ2n) is 3.33. The van der Waals surface area contributed by atoms with Gasteiger partial charge in [0.15, 0.2) is 0 Å². The van der Waals surface area contributed by atoms with E-state index in [4.69, 9.17) is 10.0 Å². The first-order chi connectivity index (χ1) is 8.36. The van der Waals surface area contributed by atoms with Crippen LogP contribution in [0.3, 0.4) is 0 Å². The van der Waals surface area contributed by atoms with Gasteiger partial charge in [0, 0.05) is 23.2 Å². The van der Waals surface area contributed by atoms with Crippen molar-refractivity contribution in [3.05, 3.63) is 48.8 Å². The fourth-order valence-electron chi connectivity index (χ4n) is 1.70. The molecule has 0 aliphatic heterocycles. The fraction of sp³-hybridized carbons (Fsp3) is 0. The maximum Gasteiger partial charge on any atom is 0.482 e. The van der Waals surface area contributed by atoms with Crippen molar-refractivity contribution < 1.29 is 10.0 Å². The third-order valence-electron chi connectivity index (χ3n) is 2.35. The summed E-state index contributed by atoms with van der Waals surface area (Å²) in [6.07, 6.45) is 3.62. The Balaban J connectivity index is 0.000000329. The van der Waals surface area contributed by atoms with Gasteiger partial charge in [-0.25, -0.2) is 0 Å².